The molecule has 22 heavy (non-hydrogen) atoms. The van der Waals surface area contributed by atoms with Gasteiger partial charge in [-0.25, -0.2) is 4.98 Å². The molecule has 0 bridgehead atoms. The Morgan fingerprint density at radius 1 is 1.32 bits per heavy atom. The van der Waals surface area contributed by atoms with Crippen LogP contribution in [0.1, 0.15) is 0 Å². The van der Waals surface area contributed by atoms with Gasteiger partial charge in [0.05, 0.1) is 32.2 Å². The molecule has 1 aliphatic heterocycles. The molecule has 0 atom stereocenters. The summed E-state index contributed by atoms with van der Waals surface area (Å²) in [5.41, 5.74) is 0.439. The van der Waals surface area contributed by atoms with E-state index in [4.69, 9.17) is 9.47 Å². The van der Waals surface area contributed by atoms with Crippen LogP contribution in [0.2, 0.25) is 0 Å². The Labute approximate surface area is 128 Å². The van der Waals surface area contributed by atoms with Gasteiger partial charge in [-0.1, -0.05) is 0 Å². The number of aromatic nitrogens is 1. The number of anilines is 1. The van der Waals surface area contributed by atoms with E-state index in [0.29, 0.717) is 37.9 Å². The van der Waals surface area contributed by atoms with Crippen LogP contribution in [0.4, 0.5) is 5.69 Å². The number of carbonyl (C=O) groups is 2. The van der Waals surface area contributed by atoms with Gasteiger partial charge in [-0.3, -0.25) is 14.5 Å². The maximum absolute atomic E-state index is 11.7. The van der Waals surface area contributed by atoms with Gasteiger partial charge in [-0.15, -0.1) is 0 Å². The number of ether oxygens (including phenoxy) is 2. The van der Waals surface area contributed by atoms with E-state index >= 15 is 0 Å². The monoisotopic (exact) mass is 308 g/mol. The first-order chi connectivity index (χ1) is 10.7. The molecule has 1 aromatic heterocycles. The van der Waals surface area contributed by atoms with Crippen LogP contribution in [-0.4, -0.2) is 68.2 Å². The van der Waals surface area contributed by atoms with Crippen molar-refractivity contribution in [2.45, 2.75) is 0 Å². The van der Waals surface area contributed by atoms with Crippen LogP contribution in [0.25, 0.3) is 0 Å². The van der Waals surface area contributed by atoms with Crippen molar-refractivity contribution in [2.24, 2.45) is 0 Å². The lowest BCUT2D eigenvalue weighted by Gasteiger charge is -2.26. The number of rotatable bonds is 5. The van der Waals surface area contributed by atoms with Crippen molar-refractivity contribution < 1.29 is 19.1 Å². The smallest absolute Gasteiger partial charge is 0.313 e. The maximum Gasteiger partial charge on any atom is 0.313 e. The first-order valence-corrected chi connectivity index (χ1v) is 7.08. The highest BCUT2D eigenvalue weighted by Crippen LogP contribution is 2.10. The summed E-state index contributed by atoms with van der Waals surface area (Å²) in [6.07, 6.45) is 1.43. The van der Waals surface area contributed by atoms with E-state index in [1.54, 1.807) is 12.1 Å². The molecule has 1 saturated heterocycles. The number of nitrogens with one attached hydrogen (secondary N) is 2. The van der Waals surface area contributed by atoms with Crippen LogP contribution >= 0.6 is 0 Å². The Bertz CT molecular complexity index is 500. The zero-order chi connectivity index (χ0) is 15.8. The van der Waals surface area contributed by atoms with Crippen molar-refractivity contribution in [1.29, 1.82) is 0 Å². The molecule has 8 nitrogen and oxygen atoms in total. The number of morpholine rings is 1. The summed E-state index contributed by atoms with van der Waals surface area (Å²) in [4.78, 5) is 29.6. The van der Waals surface area contributed by atoms with Crippen LogP contribution in [0, 0.1) is 0 Å². The fourth-order valence-corrected chi connectivity index (χ4v) is 2.00. The van der Waals surface area contributed by atoms with Gasteiger partial charge in [0.25, 0.3) is 0 Å². The third-order valence-corrected chi connectivity index (χ3v) is 3.23. The number of methoxy groups -OCH3 is 1. The molecule has 0 aliphatic carbocycles. The zero-order valence-corrected chi connectivity index (χ0v) is 12.5. The quantitative estimate of drug-likeness (QED) is 0.711. The van der Waals surface area contributed by atoms with Gasteiger partial charge in [0.2, 0.25) is 5.88 Å². The average Bonchev–Trinajstić information content (AvgIpc) is 2.56. The summed E-state index contributed by atoms with van der Waals surface area (Å²) in [6.45, 7) is 4.23. The average molecular weight is 308 g/mol. The Hall–Kier alpha value is -2.19. The number of amides is 2. The fourth-order valence-electron chi connectivity index (χ4n) is 2.00. The number of hydrogen-bond acceptors (Lipinski definition) is 6. The van der Waals surface area contributed by atoms with E-state index in [1.807, 2.05) is 0 Å². The van der Waals surface area contributed by atoms with Crippen molar-refractivity contribution >= 4 is 17.5 Å². The molecule has 0 spiro atoms. The Morgan fingerprint density at radius 3 is 2.73 bits per heavy atom. The molecule has 1 fully saturated rings. The van der Waals surface area contributed by atoms with E-state index < -0.39 is 11.8 Å². The molecule has 2 N–H and O–H groups in total. The van der Waals surface area contributed by atoms with Crippen LogP contribution in [0.3, 0.4) is 0 Å². The lowest BCUT2D eigenvalue weighted by molar-refractivity contribution is -0.136. The summed E-state index contributed by atoms with van der Waals surface area (Å²) in [5.74, 6) is -0.939. The number of pyridine rings is 1. The highest BCUT2D eigenvalue weighted by Gasteiger charge is 2.15. The molecule has 2 rings (SSSR count). The Kier molecular flexibility index (Phi) is 6.11. The fraction of sp³-hybridized carbons (Fsp3) is 0.500. The standard InChI is InChI=1S/C14H20N4O4/c1-21-12-3-2-11(10-16-12)17-14(20)13(19)15-4-5-18-6-8-22-9-7-18/h2-3,10H,4-9H2,1H3,(H,15,19)(H,17,20). The highest BCUT2D eigenvalue weighted by atomic mass is 16.5. The zero-order valence-electron chi connectivity index (χ0n) is 12.5. The second-order valence-electron chi connectivity index (χ2n) is 4.75. The van der Waals surface area contributed by atoms with Gasteiger partial charge in [0.1, 0.15) is 0 Å². The van der Waals surface area contributed by atoms with Crippen molar-refractivity contribution in [3.63, 3.8) is 0 Å². The number of carbonyl (C=O) groups excluding carboxylic acids is 2. The van der Waals surface area contributed by atoms with Gasteiger partial charge in [0, 0.05) is 32.2 Å². The first kappa shape index (κ1) is 16.2. The predicted octanol–water partition coefficient (Wildman–Crippen LogP) is -0.523. The highest BCUT2D eigenvalue weighted by molar-refractivity contribution is 6.39. The molecule has 2 amide bonds. The molecule has 120 valence electrons. The molecule has 8 heteroatoms. The minimum absolute atomic E-state index is 0.424. The predicted molar refractivity (Wildman–Crippen MR) is 79.7 cm³/mol. The number of nitrogens with zero attached hydrogens (tertiary/aromatic N) is 2. The van der Waals surface area contributed by atoms with Gasteiger partial charge in [0.15, 0.2) is 0 Å². The molecular weight excluding hydrogens is 288 g/mol. The van der Waals surface area contributed by atoms with Gasteiger partial charge in [-0.05, 0) is 6.07 Å². The molecule has 0 saturated carbocycles. The maximum atomic E-state index is 11.7. The third-order valence-electron chi connectivity index (χ3n) is 3.23. The lowest BCUT2D eigenvalue weighted by atomic mass is 10.4. The van der Waals surface area contributed by atoms with Gasteiger partial charge in [-0.2, -0.15) is 0 Å². The SMILES string of the molecule is COc1ccc(NC(=O)C(=O)NCCN2CCOCC2)cn1. The van der Waals surface area contributed by atoms with E-state index in [9.17, 15) is 9.59 Å². The van der Waals surface area contributed by atoms with Crippen LogP contribution in [0.5, 0.6) is 5.88 Å². The Morgan fingerprint density at radius 2 is 2.09 bits per heavy atom. The van der Waals surface area contributed by atoms with E-state index in [-0.39, 0.29) is 0 Å². The van der Waals surface area contributed by atoms with E-state index in [1.165, 1.54) is 13.3 Å². The first-order valence-electron chi connectivity index (χ1n) is 7.08. The normalized spacial score (nSPS) is 15.1. The molecule has 0 aromatic carbocycles. The third kappa shape index (κ3) is 4.97. The summed E-state index contributed by atoms with van der Waals surface area (Å²) >= 11 is 0. The van der Waals surface area contributed by atoms with Gasteiger partial charge >= 0.3 is 11.8 Å². The van der Waals surface area contributed by atoms with Crippen molar-refractivity contribution in [1.82, 2.24) is 15.2 Å². The summed E-state index contributed by atoms with van der Waals surface area (Å²) in [6, 6.07) is 3.22. The van der Waals surface area contributed by atoms with E-state index in [2.05, 4.69) is 20.5 Å². The molecule has 1 aromatic rings. The molecule has 0 radical (unpaired) electrons. The van der Waals surface area contributed by atoms with Crippen LogP contribution < -0.4 is 15.4 Å². The largest absolute Gasteiger partial charge is 0.481 e. The second kappa shape index (κ2) is 8.30. The topological polar surface area (TPSA) is 92.8 Å². The van der Waals surface area contributed by atoms with Gasteiger partial charge < -0.3 is 20.1 Å². The molecule has 2 heterocycles. The van der Waals surface area contributed by atoms with Crippen molar-refractivity contribution in [3.05, 3.63) is 18.3 Å². The van der Waals surface area contributed by atoms with E-state index in [0.717, 1.165) is 13.1 Å². The second-order valence-corrected chi connectivity index (χ2v) is 4.75. The molecule has 1 aliphatic rings. The van der Waals surface area contributed by atoms with Crippen LogP contribution in [-0.2, 0) is 14.3 Å². The van der Waals surface area contributed by atoms with Crippen molar-refractivity contribution in [2.75, 3.05) is 51.8 Å². The van der Waals surface area contributed by atoms with Crippen molar-refractivity contribution in [3.8, 4) is 5.88 Å². The summed E-state index contributed by atoms with van der Waals surface area (Å²) in [5, 5.41) is 5.07. The lowest BCUT2D eigenvalue weighted by Crippen LogP contribution is -2.43. The van der Waals surface area contributed by atoms with Crippen LogP contribution in [0.15, 0.2) is 18.3 Å². The Balaban J connectivity index is 1.70. The molecule has 0 unspecified atom stereocenters. The summed E-state index contributed by atoms with van der Waals surface area (Å²) < 4.78 is 10.2. The minimum atomic E-state index is -0.714. The summed E-state index contributed by atoms with van der Waals surface area (Å²) in [7, 11) is 1.50. The minimum Gasteiger partial charge on any atom is -0.481 e. The number of hydrogen-bond donors (Lipinski definition) is 2. The molecular formula is C14H20N4O4.